The van der Waals surface area contributed by atoms with Gasteiger partial charge in [-0.25, -0.2) is 0 Å². The largest absolute Gasteiger partial charge is 0.334 e. The number of likely N-dealkylation sites (tertiary alicyclic amines) is 1. The summed E-state index contributed by atoms with van der Waals surface area (Å²) < 4.78 is 0. The van der Waals surface area contributed by atoms with Gasteiger partial charge in [-0.3, -0.25) is 4.79 Å². The van der Waals surface area contributed by atoms with E-state index in [4.69, 9.17) is 0 Å². The van der Waals surface area contributed by atoms with Crippen LogP contribution in [0, 0.1) is 0 Å². The minimum Gasteiger partial charge on any atom is -0.334 e. The van der Waals surface area contributed by atoms with E-state index >= 15 is 0 Å². The van der Waals surface area contributed by atoms with Gasteiger partial charge >= 0.3 is 0 Å². The number of rotatable bonds is 2. The van der Waals surface area contributed by atoms with Gasteiger partial charge in [0.15, 0.2) is 0 Å². The van der Waals surface area contributed by atoms with E-state index in [9.17, 15) is 4.79 Å². The van der Waals surface area contributed by atoms with Crippen molar-refractivity contribution in [2.24, 2.45) is 0 Å². The van der Waals surface area contributed by atoms with Gasteiger partial charge in [-0.05, 0) is 36.9 Å². The van der Waals surface area contributed by atoms with Crippen LogP contribution in [0.25, 0.3) is 0 Å². The molecule has 90 valence electrons. The van der Waals surface area contributed by atoms with Crippen LogP contribution in [-0.4, -0.2) is 40.7 Å². The normalized spacial score (nSPS) is 26.5. The van der Waals surface area contributed by atoms with Crippen molar-refractivity contribution in [3.63, 3.8) is 0 Å². The van der Waals surface area contributed by atoms with Crippen LogP contribution in [0.2, 0.25) is 0 Å². The Labute approximate surface area is 110 Å². The molecule has 3 rings (SSSR count). The van der Waals surface area contributed by atoms with Crippen LogP contribution >= 0.6 is 23.5 Å². The van der Waals surface area contributed by atoms with E-state index in [1.807, 2.05) is 42.3 Å². The van der Waals surface area contributed by atoms with Gasteiger partial charge in [0.2, 0.25) is 0 Å². The summed E-state index contributed by atoms with van der Waals surface area (Å²) in [6, 6.07) is 8.44. The lowest BCUT2D eigenvalue weighted by molar-refractivity contribution is 0.0747. The fourth-order valence-electron chi connectivity index (χ4n) is 2.55. The standard InChI is InChI=1S/C13H15NOS2/c1-16-11-4-2-9(3-5-11)13(15)14-7-12-6-10(14)8-17-12/h2-5,10,12H,6-8H2,1H3. The van der Waals surface area contributed by atoms with Crippen molar-refractivity contribution in [1.29, 1.82) is 0 Å². The summed E-state index contributed by atoms with van der Waals surface area (Å²) >= 11 is 3.72. The van der Waals surface area contributed by atoms with Crippen LogP contribution in [0.1, 0.15) is 16.8 Å². The van der Waals surface area contributed by atoms with Crippen molar-refractivity contribution in [2.45, 2.75) is 22.6 Å². The zero-order valence-corrected chi connectivity index (χ0v) is 11.4. The molecule has 0 N–H and O–H groups in total. The number of thioether (sulfide) groups is 2. The van der Waals surface area contributed by atoms with Gasteiger partial charge in [0.25, 0.3) is 5.91 Å². The molecule has 2 aliphatic rings. The van der Waals surface area contributed by atoms with Crippen LogP contribution in [0.4, 0.5) is 0 Å². The molecule has 2 atom stereocenters. The third kappa shape index (κ3) is 2.08. The molecule has 0 radical (unpaired) electrons. The van der Waals surface area contributed by atoms with Crippen molar-refractivity contribution in [3.05, 3.63) is 29.8 Å². The molecule has 2 bridgehead atoms. The average Bonchev–Trinajstić information content (AvgIpc) is 3.00. The molecular formula is C13H15NOS2. The number of benzene rings is 1. The Morgan fingerprint density at radius 2 is 2.18 bits per heavy atom. The van der Waals surface area contributed by atoms with Gasteiger partial charge in [0.05, 0.1) is 0 Å². The lowest BCUT2D eigenvalue weighted by atomic mass is 10.2. The lowest BCUT2D eigenvalue weighted by Crippen LogP contribution is -2.39. The van der Waals surface area contributed by atoms with E-state index in [-0.39, 0.29) is 5.91 Å². The second-order valence-electron chi connectivity index (χ2n) is 4.53. The first kappa shape index (κ1) is 11.5. The molecule has 2 aliphatic heterocycles. The van der Waals surface area contributed by atoms with Crippen LogP contribution in [0.3, 0.4) is 0 Å². The maximum atomic E-state index is 12.3. The molecule has 0 aliphatic carbocycles. The molecule has 0 saturated carbocycles. The van der Waals surface area contributed by atoms with E-state index in [1.165, 1.54) is 11.3 Å². The van der Waals surface area contributed by atoms with Gasteiger partial charge in [0, 0.05) is 34.0 Å². The summed E-state index contributed by atoms with van der Waals surface area (Å²) in [5, 5.41) is 0.689. The summed E-state index contributed by atoms with van der Waals surface area (Å²) in [6.45, 7) is 0.943. The topological polar surface area (TPSA) is 20.3 Å². The molecule has 0 spiro atoms. The van der Waals surface area contributed by atoms with Crippen molar-refractivity contribution in [2.75, 3.05) is 18.6 Å². The van der Waals surface area contributed by atoms with Crippen LogP contribution < -0.4 is 0 Å². The fraction of sp³-hybridized carbons (Fsp3) is 0.462. The van der Waals surface area contributed by atoms with E-state index in [1.54, 1.807) is 11.8 Å². The van der Waals surface area contributed by atoms with Gasteiger partial charge in [0.1, 0.15) is 0 Å². The number of hydrogen-bond acceptors (Lipinski definition) is 3. The Morgan fingerprint density at radius 1 is 1.41 bits per heavy atom. The summed E-state index contributed by atoms with van der Waals surface area (Å²) in [7, 11) is 0. The van der Waals surface area contributed by atoms with Crippen LogP contribution in [0.5, 0.6) is 0 Å². The average molecular weight is 265 g/mol. The third-order valence-electron chi connectivity index (χ3n) is 3.50. The molecule has 2 heterocycles. The number of nitrogens with zero attached hydrogens (tertiary/aromatic N) is 1. The number of carbonyl (C=O) groups excluding carboxylic acids is 1. The first-order valence-corrected chi connectivity index (χ1v) is 8.12. The third-order valence-corrected chi connectivity index (χ3v) is 5.63. The van der Waals surface area contributed by atoms with E-state index in [0.29, 0.717) is 11.3 Å². The minimum atomic E-state index is 0.213. The van der Waals surface area contributed by atoms with Crippen LogP contribution in [0.15, 0.2) is 29.2 Å². The summed E-state index contributed by atoms with van der Waals surface area (Å²) in [6.07, 6.45) is 3.24. The maximum Gasteiger partial charge on any atom is 0.254 e. The molecule has 2 nitrogen and oxygen atoms in total. The highest BCUT2D eigenvalue weighted by molar-refractivity contribution is 8.00. The fourth-order valence-corrected chi connectivity index (χ4v) is 4.39. The molecule has 2 saturated heterocycles. The maximum absolute atomic E-state index is 12.3. The Kier molecular flexibility index (Phi) is 3.09. The van der Waals surface area contributed by atoms with Crippen molar-refractivity contribution in [1.82, 2.24) is 4.90 Å². The van der Waals surface area contributed by atoms with Gasteiger partial charge in [-0.2, -0.15) is 11.8 Å². The Balaban J connectivity index is 1.77. The lowest BCUT2D eigenvalue weighted by Gasteiger charge is -2.26. The summed E-state index contributed by atoms with van der Waals surface area (Å²) in [5.74, 6) is 1.34. The smallest absolute Gasteiger partial charge is 0.254 e. The summed E-state index contributed by atoms with van der Waals surface area (Å²) in [4.78, 5) is 15.6. The Hall–Kier alpha value is -0.610. The van der Waals surface area contributed by atoms with Crippen molar-refractivity contribution < 1.29 is 4.79 Å². The number of amides is 1. The van der Waals surface area contributed by atoms with Gasteiger partial charge in [-0.1, -0.05) is 0 Å². The first-order valence-electron chi connectivity index (χ1n) is 5.84. The number of hydrogen-bond donors (Lipinski definition) is 0. The quantitative estimate of drug-likeness (QED) is 0.767. The predicted octanol–water partition coefficient (Wildman–Crippen LogP) is 2.74. The molecule has 17 heavy (non-hydrogen) atoms. The SMILES string of the molecule is CSc1ccc(C(=O)N2CC3CC2CS3)cc1. The van der Waals surface area contributed by atoms with Crippen molar-refractivity contribution in [3.8, 4) is 0 Å². The molecule has 1 aromatic carbocycles. The molecule has 1 amide bonds. The predicted molar refractivity (Wildman–Crippen MR) is 73.9 cm³/mol. The zero-order valence-electron chi connectivity index (χ0n) is 9.76. The van der Waals surface area contributed by atoms with Crippen LogP contribution in [-0.2, 0) is 0 Å². The number of fused-ring (bicyclic) bond motifs is 2. The molecule has 4 heteroatoms. The monoisotopic (exact) mass is 265 g/mol. The Morgan fingerprint density at radius 3 is 2.71 bits per heavy atom. The second kappa shape index (κ2) is 4.58. The summed E-state index contributed by atoms with van der Waals surface area (Å²) in [5.41, 5.74) is 0.834. The first-order chi connectivity index (χ1) is 8.28. The molecule has 2 unspecified atom stereocenters. The van der Waals surface area contributed by atoms with E-state index in [0.717, 1.165) is 17.9 Å². The molecule has 2 fully saturated rings. The van der Waals surface area contributed by atoms with E-state index in [2.05, 4.69) is 4.90 Å². The molecule has 1 aromatic rings. The number of carbonyl (C=O) groups is 1. The minimum absolute atomic E-state index is 0.213. The van der Waals surface area contributed by atoms with E-state index < -0.39 is 0 Å². The van der Waals surface area contributed by atoms with Gasteiger partial charge < -0.3 is 4.90 Å². The molecular weight excluding hydrogens is 250 g/mol. The van der Waals surface area contributed by atoms with Gasteiger partial charge in [-0.15, -0.1) is 11.8 Å². The van der Waals surface area contributed by atoms with Crippen molar-refractivity contribution >= 4 is 29.4 Å². The Bertz CT molecular complexity index is 432. The highest BCUT2D eigenvalue weighted by Gasteiger charge is 2.40. The highest BCUT2D eigenvalue weighted by Crippen LogP contribution is 2.38. The zero-order chi connectivity index (χ0) is 11.8. The highest BCUT2D eigenvalue weighted by atomic mass is 32.2. The molecule has 0 aromatic heterocycles. The second-order valence-corrected chi connectivity index (χ2v) is 6.74.